The van der Waals surface area contributed by atoms with Crippen LogP contribution in [0.4, 0.5) is 0 Å². The molecule has 0 aromatic carbocycles. The highest BCUT2D eigenvalue weighted by Gasteiger charge is 2.35. The van der Waals surface area contributed by atoms with Crippen molar-refractivity contribution in [2.24, 2.45) is 16.1 Å². The van der Waals surface area contributed by atoms with E-state index in [4.69, 9.17) is 10.6 Å². The third-order valence-electron chi connectivity index (χ3n) is 3.34. The lowest BCUT2D eigenvalue weighted by atomic mass is 9.82. The first-order chi connectivity index (χ1) is 7.28. The van der Waals surface area contributed by atoms with Crippen molar-refractivity contribution in [2.45, 2.75) is 38.3 Å². The Hall–Kier alpha value is -0.940. The van der Waals surface area contributed by atoms with Gasteiger partial charge in [0.05, 0.1) is 0 Å². The zero-order valence-electron chi connectivity index (χ0n) is 8.74. The van der Waals surface area contributed by atoms with E-state index in [0.29, 0.717) is 12.8 Å². The van der Waals surface area contributed by atoms with Crippen LogP contribution in [0.3, 0.4) is 0 Å². The van der Waals surface area contributed by atoms with Gasteiger partial charge in [-0.2, -0.15) is 0 Å². The van der Waals surface area contributed by atoms with Crippen LogP contribution in [0.15, 0.2) is 4.99 Å². The maximum Gasteiger partial charge on any atom is 0.231 e. The zero-order chi connectivity index (χ0) is 10.7. The predicted molar refractivity (Wildman–Crippen MR) is 56.1 cm³/mol. The van der Waals surface area contributed by atoms with Crippen molar-refractivity contribution in [3.8, 4) is 0 Å². The van der Waals surface area contributed by atoms with E-state index in [1.807, 2.05) is 0 Å². The molecular weight excluding hydrogens is 194 g/mol. The molecule has 5 nitrogen and oxygen atoms in total. The number of aldehydes is 1. The number of nitrogens with two attached hydrogens (primary N) is 1. The number of nitrogens with zero attached hydrogens (tertiary/aromatic N) is 1. The van der Waals surface area contributed by atoms with Crippen molar-refractivity contribution >= 4 is 12.1 Å². The summed E-state index contributed by atoms with van der Waals surface area (Å²) < 4.78 is 0. The van der Waals surface area contributed by atoms with Crippen LogP contribution < -0.4 is 11.2 Å². The first-order valence-electron chi connectivity index (χ1n) is 5.42. The Labute approximate surface area is 89.0 Å². The van der Waals surface area contributed by atoms with Gasteiger partial charge in [-0.25, -0.2) is 9.83 Å². The van der Waals surface area contributed by atoms with E-state index < -0.39 is 6.23 Å². The monoisotopic (exact) mass is 211 g/mol. The molecule has 3 N–H and O–H groups in total. The summed E-state index contributed by atoms with van der Waals surface area (Å²) in [6.07, 6.45) is 5.59. The molecule has 1 aliphatic heterocycles. The van der Waals surface area contributed by atoms with E-state index in [2.05, 4.69) is 10.5 Å². The molecule has 0 spiro atoms. The maximum atomic E-state index is 10.4. The zero-order valence-corrected chi connectivity index (χ0v) is 8.74. The third kappa shape index (κ3) is 2.18. The van der Waals surface area contributed by atoms with Crippen LogP contribution in [0.25, 0.3) is 0 Å². The van der Waals surface area contributed by atoms with Gasteiger partial charge in [0, 0.05) is 6.42 Å². The molecule has 0 aromatic rings. The summed E-state index contributed by atoms with van der Waals surface area (Å²) in [5, 5.41) is 0. The molecular formula is C10H17N3O2. The number of hydrogen-bond acceptors (Lipinski definition) is 5. The standard InChI is InChI=1S/C10H17N3O2/c11-7-10(3-1-2-4-10)5-8-12-9(6-14)15-13-8/h6,9H,1-5,7,11H2,(H,12,13). The largest absolute Gasteiger partial charge is 0.330 e. The number of carbonyl (C=O) groups excluding carboxylic acids is 1. The highest BCUT2D eigenvalue weighted by Crippen LogP contribution is 2.40. The third-order valence-corrected chi connectivity index (χ3v) is 3.34. The van der Waals surface area contributed by atoms with Gasteiger partial charge in [0.25, 0.3) is 0 Å². The van der Waals surface area contributed by atoms with Crippen molar-refractivity contribution in [1.29, 1.82) is 0 Å². The van der Waals surface area contributed by atoms with E-state index in [0.717, 1.165) is 25.1 Å². The fourth-order valence-electron chi connectivity index (χ4n) is 2.41. The van der Waals surface area contributed by atoms with E-state index >= 15 is 0 Å². The average molecular weight is 211 g/mol. The predicted octanol–water partition coefficient (Wildman–Crippen LogP) is 0.354. The van der Waals surface area contributed by atoms with Crippen LogP contribution in [0.5, 0.6) is 0 Å². The smallest absolute Gasteiger partial charge is 0.231 e. The summed E-state index contributed by atoms with van der Waals surface area (Å²) >= 11 is 0. The van der Waals surface area contributed by atoms with Gasteiger partial charge in [-0.15, -0.1) is 0 Å². The Bertz CT molecular complexity index is 272. The lowest BCUT2D eigenvalue weighted by Gasteiger charge is -2.26. The lowest BCUT2D eigenvalue weighted by molar-refractivity contribution is -0.118. The Morgan fingerprint density at radius 2 is 2.33 bits per heavy atom. The average Bonchev–Trinajstić information content (AvgIpc) is 2.88. The van der Waals surface area contributed by atoms with Crippen LogP contribution in [0.2, 0.25) is 0 Å². The Kier molecular flexibility index (Phi) is 3.02. The molecule has 84 valence electrons. The van der Waals surface area contributed by atoms with E-state index in [9.17, 15) is 4.79 Å². The fraction of sp³-hybridized carbons (Fsp3) is 0.800. The van der Waals surface area contributed by atoms with Gasteiger partial charge >= 0.3 is 0 Å². The first kappa shape index (κ1) is 10.6. The normalized spacial score (nSPS) is 28.6. The summed E-state index contributed by atoms with van der Waals surface area (Å²) in [5.74, 6) is 0.763. The second-order valence-electron chi connectivity index (χ2n) is 4.41. The topological polar surface area (TPSA) is 76.7 Å². The van der Waals surface area contributed by atoms with Gasteiger partial charge in [-0.05, 0) is 24.8 Å². The molecule has 2 aliphatic rings. The van der Waals surface area contributed by atoms with Crippen LogP contribution in [0.1, 0.15) is 32.1 Å². The van der Waals surface area contributed by atoms with Crippen molar-refractivity contribution < 1.29 is 9.63 Å². The minimum Gasteiger partial charge on any atom is -0.330 e. The van der Waals surface area contributed by atoms with E-state index in [1.54, 1.807) is 0 Å². The number of hydrogen-bond donors (Lipinski definition) is 2. The molecule has 1 heterocycles. The molecule has 0 saturated heterocycles. The van der Waals surface area contributed by atoms with Crippen molar-refractivity contribution in [2.75, 3.05) is 6.54 Å². The summed E-state index contributed by atoms with van der Waals surface area (Å²) in [6.45, 7) is 0.680. The number of aliphatic imine (C=N–C) groups is 1. The summed E-state index contributed by atoms with van der Waals surface area (Å²) in [6, 6.07) is 0. The number of rotatable bonds is 4. The Balaban J connectivity index is 1.98. The molecule has 1 aliphatic carbocycles. The van der Waals surface area contributed by atoms with E-state index in [-0.39, 0.29) is 5.41 Å². The van der Waals surface area contributed by atoms with Crippen molar-refractivity contribution in [3.05, 3.63) is 0 Å². The molecule has 1 fully saturated rings. The number of nitrogens with one attached hydrogen (secondary N) is 1. The van der Waals surface area contributed by atoms with Crippen LogP contribution in [-0.2, 0) is 9.63 Å². The van der Waals surface area contributed by atoms with Crippen LogP contribution >= 0.6 is 0 Å². The van der Waals surface area contributed by atoms with Crippen LogP contribution in [0, 0.1) is 5.41 Å². The second kappa shape index (κ2) is 4.28. The first-order valence-corrected chi connectivity index (χ1v) is 5.42. The summed E-state index contributed by atoms with van der Waals surface area (Å²) in [5.41, 5.74) is 8.70. The SMILES string of the molecule is NCC1(CC2=NC(C=O)ON2)CCCC1. The van der Waals surface area contributed by atoms with Crippen molar-refractivity contribution in [1.82, 2.24) is 5.48 Å². The molecule has 0 amide bonds. The van der Waals surface area contributed by atoms with Gasteiger partial charge in [-0.3, -0.25) is 10.3 Å². The van der Waals surface area contributed by atoms with Gasteiger partial charge < -0.3 is 5.73 Å². The van der Waals surface area contributed by atoms with Gasteiger partial charge in [0.1, 0.15) is 5.84 Å². The molecule has 15 heavy (non-hydrogen) atoms. The van der Waals surface area contributed by atoms with Gasteiger partial charge in [0.15, 0.2) is 6.29 Å². The number of amidine groups is 1. The second-order valence-corrected chi connectivity index (χ2v) is 4.41. The maximum absolute atomic E-state index is 10.4. The number of carbonyl (C=O) groups is 1. The molecule has 5 heteroatoms. The minimum atomic E-state index is -0.670. The molecule has 1 saturated carbocycles. The van der Waals surface area contributed by atoms with Gasteiger partial charge in [-0.1, -0.05) is 12.8 Å². The van der Waals surface area contributed by atoms with Gasteiger partial charge in [0.2, 0.25) is 6.23 Å². The minimum absolute atomic E-state index is 0.174. The lowest BCUT2D eigenvalue weighted by Crippen LogP contribution is -2.33. The Morgan fingerprint density at radius 3 is 2.87 bits per heavy atom. The van der Waals surface area contributed by atoms with Crippen LogP contribution in [-0.4, -0.2) is 24.9 Å². The van der Waals surface area contributed by atoms with Crippen molar-refractivity contribution in [3.63, 3.8) is 0 Å². The highest BCUT2D eigenvalue weighted by molar-refractivity contribution is 5.85. The quantitative estimate of drug-likeness (QED) is 0.658. The number of hydroxylamine groups is 1. The summed E-state index contributed by atoms with van der Waals surface area (Å²) in [7, 11) is 0. The molecule has 0 aromatic heterocycles. The molecule has 1 atom stereocenters. The molecule has 2 rings (SSSR count). The Morgan fingerprint density at radius 1 is 1.60 bits per heavy atom. The van der Waals surface area contributed by atoms with E-state index in [1.165, 1.54) is 12.8 Å². The fourth-order valence-corrected chi connectivity index (χ4v) is 2.41. The molecule has 1 unspecified atom stereocenters. The highest BCUT2D eigenvalue weighted by atomic mass is 16.7. The summed E-state index contributed by atoms with van der Waals surface area (Å²) in [4.78, 5) is 19.5. The molecule has 0 radical (unpaired) electrons. The molecule has 0 bridgehead atoms.